The van der Waals surface area contributed by atoms with Crippen molar-refractivity contribution in [2.45, 2.75) is 108 Å². The number of halogens is 3. The number of ether oxygens (including phenoxy) is 2. The molecule has 2 aliphatic carbocycles. The van der Waals surface area contributed by atoms with Crippen LogP contribution in [0, 0.1) is 11.3 Å². The van der Waals surface area contributed by atoms with Crippen LogP contribution in [0.5, 0.6) is 0 Å². The van der Waals surface area contributed by atoms with Crippen LogP contribution in [-0.4, -0.2) is 84.3 Å². The molecular weight excluding hydrogens is 699 g/mol. The van der Waals surface area contributed by atoms with Gasteiger partial charge in [0.2, 0.25) is 21.8 Å². The Hall–Kier alpha value is -4.35. The number of nitrogens with one attached hydrogen (secondary N) is 4. The van der Waals surface area contributed by atoms with E-state index in [0.29, 0.717) is 18.9 Å². The van der Waals surface area contributed by atoms with Crippen molar-refractivity contribution in [3.8, 4) is 0 Å². The van der Waals surface area contributed by atoms with Gasteiger partial charge in [0.1, 0.15) is 29.3 Å². The molecule has 3 aliphatic rings. The summed E-state index contributed by atoms with van der Waals surface area (Å²) in [6, 6.07) is 1.16. The van der Waals surface area contributed by atoms with Gasteiger partial charge < -0.3 is 25.0 Å². The minimum atomic E-state index is -4.67. The minimum Gasteiger partial charge on any atom is -0.444 e. The Balaban J connectivity index is 1.59. The molecule has 2 unspecified atom stereocenters. The molecule has 1 aromatic rings. The van der Waals surface area contributed by atoms with E-state index in [2.05, 4.69) is 22.5 Å². The quantitative estimate of drug-likeness (QED) is 0.258. The van der Waals surface area contributed by atoms with Crippen molar-refractivity contribution in [2.75, 3.05) is 11.9 Å². The average molecular weight is 744 g/mol. The molecule has 0 spiro atoms. The molecule has 14 nitrogen and oxygen atoms in total. The molecule has 1 aromatic carbocycles. The molecule has 4 rings (SSSR count). The molecule has 1 heterocycles. The van der Waals surface area contributed by atoms with Crippen LogP contribution in [-0.2, 0) is 40.1 Å². The fraction of sp³-hybridized carbons (Fsp3) is 0.606. The summed E-state index contributed by atoms with van der Waals surface area (Å²) in [6.45, 7) is 13.2. The van der Waals surface area contributed by atoms with Gasteiger partial charge in [-0.05, 0) is 63.6 Å². The number of hydrogen-bond donors (Lipinski definition) is 4. The maximum Gasteiger partial charge on any atom is 0.416 e. The van der Waals surface area contributed by atoms with Gasteiger partial charge in [-0.25, -0.2) is 18.0 Å². The molecule has 18 heteroatoms. The summed E-state index contributed by atoms with van der Waals surface area (Å²) in [5.41, 5.74) is -4.78. The third kappa shape index (κ3) is 9.71. The summed E-state index contributed by atoms with van der Waals surface area (Å²) >= 11 is 0. The second kappa shape index (κ2) is 14.0. The van der Waals surface area contributed by atoms with E-state index in [-0.39, 0.29) is 25.1 Å². The highest BCUT2D eigenvalue weighted by Crippen LogP contribution is 2.45. The SMILES string of the molecule is C=CC1CC1(NC(=O)[C@@H]1C[C@@H](OC(=O)Nc2cccc(C(F)(F)F)c2)CN1C(=O)[C@@H](NC(=O)OC(C)(C)C)C(C)(C)C)C(=O)NS(=O)(=O)C1CC1. The van der Waals surface area contributed by atoms with Crippen molar-refractivity contribution in [1.29, 1.82) is 0 Å². The number of rotatable bonds is 10. The maximum atomic E-state index is 14.2. The second-order valence-corrected chi connectivity index (χ2v) is 17.1. The molecule has 0 aromatic heterocycles. The van der Waals surface area contributed by atoms with Gasteiger partial charge >= 0.3 is 18.4 Å². The van der Waals surface area contributed by atoms with Crippen molar-refractivity contribution < 1.29 is 55.0 Å². The molecule has 5 atom stereocenters. The first kappa shape index (κ1) is 39.4. The van der Waals surface area contributed by atoms with E-state index in [1.807, 2.05) is 4.72 Å². The predicted octanol–water partition coefficient (Wildman–Crippen LogP) is 3.83. The number of hydrogen-bond acceptors (Lipinski definition) is 9. The van der Waals surface area contributed by atoms with Crippen molar-refractivity contribution in [1.82, 2.24) is 20.3 Å². The van der Waals surface area contributed by atoms with Crippen LogP contribution in [0.25, 0.3) is 0 Å². The Morgan fingerprint density at radius 1 is 1.04 bits per heavy atom. The van der Waals surface area contributed by atoms with Crippen LogP contribution in [0.3, 0.4) is 0 Å². The number of alkyl carbamates (subject to hydrolysis) is 1. The molecule has 282 valence electrons. The Morgan fingerprint density at radius 3 is 2.22 bits per heavy atom. The monoisotopic (exact) mass is 743 g/mol. The first-order valence-corrected chi connectivity index (χ1v) is 17.9. The summed E-state index contributed by atoms with van der Waals surface area (Å²) in [4.78, 5) is 68.2. The molecule has 1 aliphatic heterocycles. The van der Waals surface area contributed by atoms with Gasteiger partial charge in [-0.3, -0.25) is 24.4 Å². The van der Waals surface area contributed by atoms with E-state index in [4.69, 9.17) is 9.47 Å². The average Bonchev–Trinajstić information content (AvgIpc) is 3.90. The van der Waals surface area contributed by atoms with Crippen LogP contribution in [0.1, 0.15) is 72.8 Å². The van der Waals surface area contributed by atoms with Crippen LogP contribution in [0.2, 0.25) is 0 Å². The van der Waals surface area contributed by atoms with E-state index in [1.54, 1.807) is 41.5 Å². The lowest BCUT2D eigenvalue weighted by atomic mass is 9.85. The van der Waals surface area contributed by atoms with Gasteiger partial charge in [-0.2, -0.15) is 13.2 Å². The summed E-state index contributed by atoms with van der Waals surface area (Å²) in [5, 5.41) is 6.66. The topological polar surface area (TPSA) is 189 Å². The zero-order valence-corrected chi connectivity index (χ0v) is 30.0. The molecule has 2 saturated carbocycles. The van der Waals surface area contributed by atoms with Crippen LogP contribution >= 0.6 is 0 Å². The zero-order chi connectivity index (χ0) is 38.3. The molecule has 0 radical (unpaired) electrons. The number of benzene rings is 1. The number of anilines is 1. The highest BCUT2D eigenvalue weighted by atomic mass is 32.2. The molecular formula is C33H44F3N5O9S. The van der Waals surface area contributed by atoms with Crippen molar-refractivity contribution >= 4 is 45.6 Å². The first-order chi connectivity index (χ1) is 23.4. The molecule has 0 bridgehead atoms. The summed E-state index contributed by atoms with van der Waals surface area (Å²) in [7, 11) is -3.98. The molecule has 1 saturated heterocycles. The summed E-state index contributed by atoms with van der Waals surface area (Å²) in [5.74, 6) is -3.23. The van der Waals surface area contributed by atoms with Crippen molar-refractivity contribution in [2.24, 2.45) is 11.3 Å². The van der Waals surface area contributed by atoms with E-state index in [1.165, 1.54) is 12.1 Å². The Kier molecular flexibility index (Phi) is 10.8. The van der Waals surface area contributed by atoms with Crippen molar-refractivity contribution in [3.63, 3.8) is 0 Å². The fourth-order valence-corrected chi connectivity index (χ4v) is 7.07. The summed E-state index contributed by atoms with van der Waals surface area (Å²) < 4.78 is 77.6. The number of carbonyl (C=O) groups is 5. The van der Waals surface area contributed by atoms with Gasteiger partial charge in [0.15, 0.2) is 0 Å². The minimum absolute atomic E-state index is 0.0269. The number of sulfonamides is 1. The number of alkyl halides is 3. The van der Waals surface area contributed by atoms with Gasteiger partial charge in [0, 0.05) is 18.0 Å². The number of amides is 5. The lowest BCUT2D eigenvalue weighted by Crippen LogP contribution is -2.60. The summed E-state index contributed by atoms with van der Waals surface area (Å²) in [6.07, 6.45) is -6.04. The largest absolute Gasteiger partial charge is 0.444 e. The lowest BCUT2D eigenvalue weighted by Gasteiger charge is -2.36. The Morgan fingerprint density at radius 2 is 1.69 bits per heavy atom. The molecule has 4 N–H and O–H groups in total. The van der Waals surface area contributed by atoms with Gasteiger partial charge in [-0.15, -0.1) is 6.58 Å². The standard InChI is InChI=1S/C33H44F3N5O9S/c1-8-18-16-32(18,27(44)40-51(47,48)22-12-13-22)39-25(42)23-15-21(49-28(45)37-20-11-9-10-19(14-20)33(34,35)36)17-41(23)26(43)24(30(2,3)4)38-29(46)50-31(5,6)7/h8-11,14,18,21-24H,1,12-13,15-17H2,2-7H3,(H,37,45)(H,38,46)(H,39,42)(H,40,44)/t18?,21-,23+,24-,32?/m1/s1. The Bertz CT molecular complexity index is 1680. The molecule has 51 heavy (non-hydrogen) atoms. The van der Waals surface area contributed by atoms with E-state index >= 15 is 0 Å². The van der Waals surface area contributed by atoms with E-state index in [0.717, 1.165) is 17.0 Å². The van der Waals surface area contributed by atoms with Gasteiger partial charge in [0.25, 0.3) is 5.91 Å². The molecule has 3 fully saturated rings. The third-order valence-electron chi connectivity index (χ3n) is 8.58. The van der Waals surface area contributed by atoms with Crippen molar-refractivity contribution in [3.05, 3.63) is 42.5 Å². The number of carbonyl (C=O) groups excluding carboxylic acids is 5. The van der Waals surface area contributed by atoms with Crippen LogP contribution < -0.4 is 20.7 Å². The molecule has 5 amide bonds. The predicted molar refractivity (Wildman–Crippen MR) is 177 cm³/mol. The van der Waals surface area contributed by atoms with Crippen LogP contribution in [0.15, 0.2) is 36.9 Å². The van der Waals surface area contributed by atoms with Crippen LogP contribution in [0.4, 0.5) is 28.4 Å². The Labute approximate surface area is 294 Å². The number of likely N-dealkylation sites (tertiary alicyclic amines) is 1. The normalized spacial score (nSPS) is 24.1. The third-order valence-corrected chi connectivity index (χ3v) is 10.4. The van der Waals surface area contributed by atoms with Gasteiger partial charge in [-0.1, -0.05) is 32.9 Å². The highest BCUT2D eigenvalue weighted by molar-refractivity contribution is 7.91. The first-order valence-electron chi connectivity index (χ1n) is 16.3. The van der Waals surface area contributed by atoms with Gasteiger partial charge in [0.05, 0.1) is 17.4 Å². The zero-order valence-electron chi connectivity index (χ0n) is 29.2. The smallest absolute Gasteiger partial charge is 0.416 e. The number of nitrogens with zero attached hydrogens (tertiary/aromatic N) is 1. The lowest BCUT2D eigenvalue weighted by molar-refractivity contribution is -0.143. The van der Waals surface area contributed by atoms with E-state index < -0.39 is 97.6 Å². The maximum absolute atomic E-state index is 14.2. The van der Waals surface area contributed by atoms with E-state index in [9.17, 15) is 45.6 Å². The second-order valence-electron chi connectivity index (χ2n) is 15.1. The highest BCUT2D eigenvalue weighted by Gasteiger charge is 2.62. The fourth-order valence-electron chi connectivity index (χ4n) is 5.71.